The van der Waals surface area contributed by atoms with Crippen molar-refractivity contribution in [2.24, 2.45) is 5.14 Å². The highest BCUT2D eigenvalue weighted by Crippen LogP contribution is 2.27. The molecular formula is C17H20BrN3O4S2. The monoisotopic (exact) mass is 473 g/mol. The van der Waals surface area contributed by atoms with E-state index in [1.807, 2.05) is 6.07 Å². The molecule has 0 bridgehead atoms. The van der Waals surface area contributed by atoms with Crippen LogP contribution in [0.5, 0.6) is 0 Å². The molecule has 10 heteroatoms. The number of carbonyl (C=O) groups is 1. The van der Waals surface area contributed by atoms with E-state index in [2.05, 4.69) is 31.8 Å². The molecule has 2 N–H and O–H groups in total. The fourth-order valence-corrected chi connectivity index (χ4v) is 5.11. The van der Waals surface area contributed by atoms with Crippen molar-refractivity contribution in [1.82, 2.24) is 4.90 Å². The van der Waals surface area contributed by atoms with Crippen LogP contribution in [0.25, 0.3) is 0 Å². The Morgan fingerprint density at radius 2 is 1.93 bits per heavy atom. The number of esters is 1. The molecule has 27 heavy (non-hydrogen) atoms. The predicted molar refractivity (Wildman–Crippen MR) is 109 cm³/mol. The van der Waals surface area contributed by atoms with E-state index in [0.717, 1.165) is 36.5 Å². The van der Waals surface area contributed by atoms with Crippen molar-refractivity contribution < 1.29 is 17.9 Å². The van der Waals surface area contributed by atoms with E-state index in [4.69, 9.17) is 9.88 Å². The number of carbonyl (C=O) groups excluding carboxylic acids is 1. The third-order valence-electron chi connectivity index (χ3n) is 4.42. The Balaban J connectivity index is 1.76. The van der Waals surface area contributed by atoms with Gasteiger partial charge in [-0.25, -0.2) is 18.4 Å². The van der Waals surface area contributed by atoms with Crippen LogP contribution in [0.3, 0.4) is 0 Å². The topological polar surface area (TPSA) is 92.9 Å². The summed E-state index contributed by atoms with van der Waals surface area (Å²) in [4.78, 5) is 17.8. The highest BCUT2D eigenvalue weighted by molar-refractivity contribution is 9.11. The molecule has 0 aliphatic carbocycles. The Morgan fingerprint density at radius 3 is 2.48 bits per heavy atom. The van der Waals surface area contributed by atoms with Gasteiger partial charge in [-0.2, -0.15) is 0 Å². The first-order valence-corrected chi connectivity index (χ1v) is 11.4. The minimum Gasteiger partial charge on any atom is -0.465 e. The molecule has 0 atom stereocenters. The Bertz CT molecular complexity index is 937. The largest absolute Gasteiger partial charge is 0.465 e. The van der Waals surface area contributed by atoms with Gasteiger partial charge in [0.25, 0.3) is 0 Å². The maximum atomic E-state index is 12.2. The van der Waals surface area contributed by atoms with Gasteiger partial charge in [-0.05, 0) is 46.3 Å². The van der Waals surface area contributed by atoms with Gasteiger partial charge < -0.3 is 9.64 Å². The van der Waals surface area contributed by atoms with Gasteiger partial charge in [-0.15, -0.1) is 11.3 Å². The number of sulfonamides is 1. The summed E-state index contributed by atoms with van der Waals surface area (Å²) in [5.74, 6) is -0.582. The van der Waals surface area contributed by atoms with Gasteiger partial charge >= 0.3 is 5.97 Å². The number of nitrogens with zero attached hydrogens (tertiary/aromatic N) is 2. The van der Waals surface area contributed by atoms with Crippen molar-refractivity contribution in [3.05, 3.63) is 44.6 Å². The van der Waals surface area contributed by atoms with Crippen LogP contribution in [0, 0.1) is 0 Å². The van der Waals surface area contributed by atoms with Crippen LogP contribution < -0.4 is 10.0 Å². The lowest BCUT2D eigenvalue weighted by molar-refractivity contribution is 0.0601. The zero-order valence-electron chi connectivity index (χ0n) is 14.7. The summed E-state index contributed by atoms with van der Waals surface area (Å²) >= 11 is 5.20. The van der Waals surface area contributed by atoms with Gasteiger partial charge in [-0.1, -0.05) is 0 Å². The third kappa shape index (κ3) is 4.88. The van der Waals surface area contributed by atoms with Crippen LogP contribution in [0.2, 0.25) is 0 Å². The maximum Gasteiger partial charge on any atom is 0.340 e. The first-order chi connectivity index (χ1) is 12.8. The highest BCUT2D eigenvalue weighted by atomic mass is 79.9. The second-order valence-electron chi connectivity index (χ2n) is 6.18. The van der Waals surface area contributed by atoms with E-state index in [1.165, 1.54) is 24.1 Å². The van der Waals surface area contributed by atoms with Crippen LogP contribution in [-0.2, 0) is 21.3 Å². The molecule has 2 heterocycles. The summed E-state index contributed by atoms with van der Waals surface area (Å²) in [6.45, 7) is 4.02. The molecular weight excluding hydrogens is 454 g/mol. The van der Waals surface area contributed by atoms with Crippen LogP contribution in [0.4, 0.5) is 5.69 Å². The van der Waals surface area contributed by atoms with Gasteiger partial charge in [0.1, 0.15) is 0 Å². The zero-order valence-corrected chi connectivity index (χ0v) is 17.9. The van der Waals surface area contributed by atoms with E-state index in [-0.39, 0.29) is 10.5 Å². The first-order valence-electron chi connectivity index (χ1n) is 8.24. The third-order valence-corrected chi connectivity index (χ3v) is 6.94. The number of anilines is 1. The minimum absolute atomic E-state index is 0.103. The van der Waals surface area contributed by atoms with Crippen molar-refractivity contribution in [3.8, 4) is 0 Å². The van der Waals surface area contributed by atoms with E-state index >= 15 is 0 Å². The fourth-order valence-electron chi connectivity index (χ4n) is 3.05. The molecule has 146 valence electrons. The lowest BCUT2D eigenvalue weighted by atomic mass is 10.1. The van der Waals surface area contributed by atoms with Crippen molar-refractivity contribution in [2.75, 3.05) is 38.2 Å². The quantitative estimate of drug-likeness (QED) is 0.669. The number of rotatable bonds is 5. The summed E-state index contributed by atoms with van der Waals surface area (Å²) in [6.07, 6.45) is 0. The summed E-state index contributed by atoms with van der Waals surface area (Å²) < 4.78 is 29.2. The molecule has 0 saturated carbocycles. The van der Waals surface area contributed by atoms with Crippen molar-refractivity contribution >= 4 is 48.9 Å². The van der Waals surface area contributed by atoms with Crippen LogP contribution >= 0.6 is 27.3 Å². The van der Waals surface area contributed by atoms with Gasteiger partial charge in [0.15, 0.2) is 0 Å². The number of piperazine rings is 1. The average Bonchev–Trinajstić information content (AvgIpc) is 3.05. The smallest absolute Gasteiger partial charge is 0.340 e. The lowest BCUT2D eigenvalue weighted by Crippen LogP contribution is -2.46. The van der Waals surface area contributed by atoms with Crippen molar-refractivity contribution in [3.63, 3.8) is 0 Å². The second kappa shape index (κ2) is 8.27. The van der Waals surface area contributed by atoms with Gasteiger partial charge in [0, 0.05) is 37.6 Å². The zero-order chi connectivity index (χ0) is 19.6. The van der Waals surface area contributed by atoms with Gasteiger partial charge in [0.05, 0.1) is 27.0 Å². The highest BCUT2D eigenvalue weighted by Gasteiger charge is 2.24. The maximum absolute atomic E-state index is 12.2. The molecule has 1 aliphatic heterocycles. The summed E-state index contributed by atoms with van der Waals surface area (Å²) in [7, 11) is -2.62. The number of halogens is 1. The Morgan fingerprint density at radius 1 is 1.22 bits per heavy atom. The summed E-state index contributed by atoms with van der Waals surface area (Å²) in [6, 6.07) is 8.49. The van der Waals surface area contributed by atoms with E-state index in [9.17, 15) is 13.2 Å². The standard InChI is InChI=1S/C17H20BrN3O4S2/c1-25-17(22)14-10-13(27(19,23)24)3-4-15(14)21-8-6-20(7-9-21)11-12-2-5-16(18)26-12/h2-5,10H,6-9,11H2,1H3,(H2,19,23,24). The molecule has 2 aromatic rings. The second-order valence-corrected chi connectivity index (χ2v) is 10.3. The fraction of sp³-hybridized carbons (Fsp3) is 0.353. The summed E-state index contributed by atoms with van der Waals surface area (Å²) in [5.41, 5.74) is 0.868. The molecule has 1 saturated heterocycles. The SMILES string of the molecule is COC(=O)c1cc(S(N)(=O)=O)ccc1N1CCN(Cc2ccc(Br)s2)CC1. The molecule has 0 radical (unpaired) electrons. The molecule has 0 amide bonds. The van der Waals surface area contributed by atoms with Gasteiger partial charge in [0.2, 0.25) is 10.0 Å². The minimum atomic E-state index is -3.89. The Labute approximate surface area is 170 Å². The normalized spacial score (nSPS) is 15.7. The Hall–Kier alpha value is -1.46. The van der Waals surface area contributed by atoms with E-state index in [0.29, 0.717) is 5.69 Å². The number of methoxy groups -OCH3 is 1. The Kier molecular flexibility index (Phi) is 6.21. The molecule has 1 aromatic heterocycles. The number of nitrogens with two attached hydrogens (primary N) is 1. The number of hydrogen-bond donors (Lipinski definition) is 1. The van der Waals surface area contributed by atoms with Crippen LogP contribution in [0.15, 0.2) is 39.0 Å². The number of ether oxygens (including phenoxy) is 1. The lowest BCUT2D eigenvalue weighted by Gasteiger charge is -2.36. The molecule has 1 aromatic carbocycles. The number of hydrogen-bond acceptors (Lipinski definition) is 7. The van der Waals surface area contributed by atoms with Crippen molar-refractivity contribution in [2.45, 2.75) is 11.4 Å². The molecule has 7 nitrogen and oxygen atoms in total. The number of thiophene rings is 1. The number of benzene rings is 1. The predicted octanol–water partition coefficient (Wildman–Crippen LogP) is 2.27. The summed E-state index contributed by atoms with van der Waals surface area (Å²) in [5, 5.41) is 5.19. The molecule has 3 rings (SSSR count). The molecule has 1 aliphatic rings. The molecule has 0 unspecified atom stereocenters. The van der Waals surface area contributed by atoms with Gasteiger partial charge in [-0.3, -0.25) is 4.90 Å². The van der Waals surface area contributed by atoms with Crippen LogP contribution in [-0.4, -0.2) is 52.6 Å². The number of primary sulfonamides is 1. The molecule has 1 fully saturated rings. The van der Waals surface area contributed by atoms with Crippen LogP contribution in [0.1, 0.15) is 15.2 Å². The van der Waals surface area contributed by atoms with Crippen molar-refractivity contribution in [1.29, 1.82) is 0 Å². The average molecular weight is 474 g/mol. The first kappa shape index (κ1) is 20.3. The van der Waals surface area contributed by atoms with E-state index < -0.39 is 16.0 Å². The molecule has 0 spiro atoms. The van der Waals surface area contributed by atoms with E-state index in [1.54, 1.807) is 17.4 Å².